The fourth-order valence-electron chi connectivity index (χ4n) is 3.09. The summed E-state index contributed by atoms with van der Waals surface area (Å²) in [6.07, 6.45) is 2.41. The molecule has 0 amide bonds. The van der Waals surface area contributed by atoms with E-state index in [1.807, 2.05) is 6.92 Å². The number of hydrogen-bond donors (Lipinski definition) is 1. The van der Waals surface area contributed by atoms with Crippen LogP contribution < -0.4 is 10.6 Å². The molecule has 1 unspecified atom stereocenters. The minimum atomic E-state index is 0.267. The summed E-state index contributed by atoms with van der Waals surface area (Å²) in [7, 11) is 4.30. The molecule has 1 aromatic rings. The van der Waals surface area contributed by atoms with Crippen LogP contribution in [0.1, 0.15) is 30.5 Å². The number of nitrogens with zero attached hydrogens (tertiary/aromatic N) is 2. The first-order chi connectivity index (χ1) is 10.2. The van der Waals surface area contributed by atoms with Crippen molar-refractivity contribution >= 4 is 5.69 Å². The van der Waals surface area contributed by atoms with Gasteiger partial charge in [0, 0.05) is 45.0 Å². The van der Waals surface area contributed by atoms with Gasteiger partial charge in [0.05, 0.1) is 6.61 Å². The maximum Gasteiger partial charge on any atom is 0.0593 e. The van der Waals surface area contributed by atoms with Crippen LogP contribution in [0.5, 0.6) is 0 Å². The number of rotatable bonds is 7. The van der Waals surface area contributed by atoms with E-state index in [1.54, 1.807) is 0 Å². The van der Waals surface area contributed by atoms with Gasteiger partial charge in [-0.05, 0) is 44.0 Å². The predicted molar refractivity (Wildman–Crippen MR) is 89.0 cm³/mol. The van der Waals surface area contributed by atoms with Crippen molar-refractivity contribution in [3.8, 4) is 0 Å². The van der Waals surface area contributed by atoms with Gasteiger partial charge >= 0.3 is 0 Å². The molecule has 0 bridgehead atoms. The average molecular weight is 291 g/mol. The highest BCUT2D eigenvalue weighted by Crippen LogP contribution is 2.29. The largest absolute Gasteiger partial charge is 0.380 e. The number of aryl methyl sites for hydroxylation is 1. The normalized spacial score (nSPS) is 16.1. The number of anilines is 1. The molecule has 0 radical (unpaired) electrons. The Morgan fingerprint density at radius 2 is 2.24 bits per heavy atom. The predicted octanol–water partition coefficient (Wildman–Crippen LogP) is 2.04. The Morgan fingerprint density at radius 1 is 1.43 bits per heavy atom. The second-order valence-corrected chi connectivity index (χ2v) is 5.84. The van der Waals surface area contributed by atoms with Crippen LogP contribution in [0.2, 0.25) is 0 Å². The van der Waals surface area contributed by atoms with Crippen LogP contribution in [-0.4, -0.2) is 51.8 Å². The van der Waals surface area contributed by atoms with Gasteiger partial charge < -0.3 is 15.4 Å². The summed E-state index contributed by atoms with van der Waals surface area (Å²) < 4.78 is 5.45. The topological polar surface area (TPSA) is 41.7 Å². The van der Waals surface area contributed by atoms with Crippen molar-refractivity contribution in [2.24, 2.45) is 5.73 Å². The van der Waals surface area contributed by atoms with Gasteiger partial charge in [-0.15, -0.1) is 0 Å². The Balaban J connectivity index is 2.11. The molecule has 0 fully saturated rings. The van der Waals surface area contributed by atoms with Gasteiger partial charge in [0.25, 0.3) is 0 Å². The molecule has 1 atom stereocenters. The smallest absolute Gasteiger partial charge is 0.0593 e. The summed E-state index contributed by atoms with van der Waals surface area (Å²) >= 11 is 0. The molecule has 0 aliphatic carbocycles. The van der Waals surface area contributed by atoms with Gasteiger partial charge in [0.1, 0.15) is 0 Å². The summed E-state index contributed by atoms with van der Waals surface area (Å²) in [6.45, 7) is 6.26. The summed E-state index contributed by atoms with van der Waals surface area (Å²) in [5, 5.41) is 0. The molecule has 0 spiro atoms. The molecule has 1 aromatic carbocycles. The molecule has 4 nitrogen and oxygen atoms in total. The van der Waals surface area contributed by atoms with Gasteiger partial charge in [0.15, 0.2) is 0 Å². The molecule has 0 saturated heterocycles. The first-order valence-electron chi connectivity index (χ1n) is 7.99. The van der Waals surface area contributed by atoms with Gasteiger partial charge in [-0.1, -0.05) is 12.1 Å². The van der Waals surface area contributed by atoms with Crippen LogP contribution in [0.3, 0.4) is 0 Å². The van der Waals surface area contributed by atoms with Gasteiger partial charge in [-0.3, -0.25) is 4.90 Å². The lowest BCUT2D eigenvalue weighted by atomic mass is 9.96. The van der Waals surface area contributed by atoms with E-state index in [9.17, 15) is 0 Å². The molecular weight excluding hydrogens is 262 g/mol. The molecule has 1 aliphatic rings. The molecule has 118 valence electrons. The molecule has 1 heterocycles. The van der Waals surface area contributed by atoms with Crippen molar-refractivity contribution in [1.82, 2.24) is 4.90 Å². The van der Waals surface area contributed by atoms with E-state index in [0.29, 0.717) is 6.54 Å². The van der Waals surface area contributed by atoms with E-state index in [1.165, 1.54) is 29.7 Å². The molecule has 21 heavy (non-hydrogen) atoms. The summed E-state index contributed by atoms with van der Waals surface area (Å²) in [5.74, 6) is 0. The maximum absolute atomic E-state index is 6.02. The van der Waals surface area contributed by atoms with Crippen LogP contribution in [0.25, 0.3) is 0 Å². The number of likely N-dealkylation sites (N-methyl/N-ethyl adjacent to an activating group) is 1. The van der Waals surface area contributed by atoms with E-state index >= 15 is 0 Å². The van der Waals surface area contributed by atoms with E-state index in [2.05, 4.69) is 42.1 Å². The Kier molecular flexibility index (Phi) is 6.03. The third-order valence-electron chi connectivity index (χ3n) is 4.39. The van der Waals surface area contributed by atoms with E-state index < -0.39 is 0 Å². The van der Waals surface area contributed by atoms with Gasteiger partial charge in [0.2, 0.25) is 0 Å². The van der Waals surface area contributed by atoms with Gasteiger partial charge in [-0.2, -0.15) is 0 Å². The van der Waals surface area contributed by atoms with E-state index in [-0.39, 0.29) is 6.04 Å². The van der Waals surface area contributed by atoms with E-state index in [0.717, 1.165) is 26.3 Å². The fourth-order valence-corrected chi connectivity index (χ4v) is 3.09. The highest BCUT2D eigenvalue weighted by Gasteiger charge is 2.19. The highest BCUT2D eigenvalue weighted by molar-refractivity contribution is 5.56. The summed E-state index contributed by atoms with van der Waals surface area (Å²) in [4.78, 5) is 4.64. The molecule has 2 N–H and O–H groups in total. The summed E-state index contributed by atoms with van der Waals surface area (Å²) in [6, 6.07) is 7.10. The zero-order valence-corrected chi connectivity index (χ0v) is 13.6. The van der Waals surface area contributed by atoms with Crippen molar-refractivity contribution in [2.45, 2.75) is 25.8 Å². The van der Waals surface area contributed by atoms with Crippen molar-refractivity contribution in [3.05, 3.63) is 29.3 Å². The zero-order chi connectivity index (χ0) is 15.2. The second-order valence-electron chi connectivity index (χ2n) is 5.84. The minimum absolute atomic E-state index is 0.267. The number of hydrogen-bond acceptors (Lipinski definition) is 4. The third-order valence-corrected chi connectivity index (χ3v) is 4.39. The highest BCUT2D eigenvalue weighted by atomic mass is 16.5. The Labute approximate surface area is 128 Å². The van der Waals surface area contributed by atoms with Crippen molar-refractivity contribution in [2.75, 3.05) is 51.8 Å². The van der Waals surface area contributed by atoms with E-state index in [4.69, 9.17) is 10.5 Å². The Hall–Kier alpha value is -1.10. The van der Waals surface area contributed by atoms with Crippen LogP contribution in [-0.2, 0) is 11.2 Å². The van der Waals surface area contributed by atoms with Crippen LogP contribution >= 0.6 is 0 Å². The number of nitrogens with two attached hydrogens (primary N) is 1. The molecule has 1 aliphatic heterocycles. The molecule has 2 rings (SSSR count). The molecule has 0 saturated carbocycles. The molecule has 0 aromatic heterocycles. The first-order valence-corrected chi connectivity index (χ1v) is 7.99. The first kappa shape index (κ1) is 16.3. The Bertz CT molecular complexity index is 450. The lowest BCUT2D eigenvalue weighted by Gasteiger charge is -2.31. The second kappa shape index (κ2) is 7.78. The zero-order valence-electron chi connectivity index (χ0n) is 13.6. The third kappa shape index (κ3) is 3.96. The lowest BCUT2D eigenvalue weighted by Crippen LogP contribution is -2.33. The fraction of sp³-hybridized carbons (Fsp3) is 0.647. The average Bonchev–Trinajstić information content (AvgIpc) is 2.48. The lowest BCUT2D eigenvalue weighted by molar-refractivity contribution is 0.108. The number of ether oxygens (including phenoxy) is 1. The van der Waals surface area contributed by atoms with Crippen LogP contribution in [0.4, 0.5) is 5.69 Å². The standard InChI is InChI=1S/C17H29N3O/c1-4-21-11-10-20(3)17(13-18)15-7-8-16-14(12-15)6-5-9-19(16)2/h7-8,12,17H,4-6,9-11,13,18H2,1-3H3. The number of fused-ring (bicyclic) bond motifs is 1. The molecular formula is C17H29N3O. The van der Waals surface area contributed by atoms with Crippen LogP contribution in [0, 0.1) is 0 Å². The van der Waals surface area contributed by atoms with Crippen molar-refractivity contribution in [3.63, 3.8) is 0 Å². The SMILES string of the molecule is CCOCCN(C)C(CN)c1ccc2c(c1)CCCN2C. The van der Waals surface area contributed by atoms with Crippen molar-refractivity contribution in [1.29, 1.82) is 0 Å². The monoisotopic (exact) mass is 291 g/mol. The van der Waals surface area contributed by atoms with Crippen LogP contribution in [0.15, 0.2) is 18.2 Å². The maximum atomic E-state index is 6.02. The van der Waals surface area contributed by atoms with Crippen molar-refractivity contribution < 1.29 is 4.74 Å². The number of benzene rings is 1. The minimum Gasteiger partial charge on any atom is -0.380 e. The van der Waals surface area contributed by atoms with Gasteiger partial charge in [-0.25, -0.2) is 0 Å². The molecule has 4 heteroatoms. The quantitative estimate of drug-likeness (QED) is 0.781. The Morgan fingerprint density at radius 3 is 2.95 bits per heavy atom. The summed E-state index contributed by atoms with van der Waals surface area (Å²) in [5.41, 5.74) is 10.2.